The zero-order valence-electron chi connectivity index (χ0n) is 12.3. The number of hydrogen-bond donors (Lipinski definition) is 1. The minimum Gasteiger partial charge on any atom is -0.370 e. The summed E-state index contributed by atoms with van der Waals surface area (Å²) < 4.78 is 37.4. The summed E-state index contributed by atoms with van der Waals surface area (Å²) >= 11 is 0. The first-order chi connectivity index (χ1) is 9.23. The standard InChI is InChI=1S/C13H21F3N4/c1-5-6-17-10-7-11(19-12(18-10)9(2)3)20(4)8-13(14,15)16/h7,9H,5-6,8H2,1-4H3,(H,17,18,19). The van der Waals surface area contributed by atoms with Crippen LogP contribution in [0.3, 0.4) is 0 Å². The normalized spacial score (nSPS) is 11.8. The summed E-state index contributed by atoms with van der Waals surface area (Å²) in [4.78, 5) is 9.61. The molecular weight excluding hydrogens is 269 g/mol. The number of halogens is 3. The number of nitrogens with zero attached hydrogens (tertiary/aromatic N) is 3. The van der Waals surface area contributed by atoms with Gasteiger partial charge in [0, 0.05) is 25.6 Å². The van der Waals surface area contributed by atoms with E-state index in [1.165, 1.54) is 7.05 Å². The van der Waals surface area contributed by atoms with Gasteiger partial charge in [-0.3, -0.25) is 0 Å². The molecule has 114 valence electrons. The Kier molecular flexibility index (Phi) is 5.59. The van der Waals surface area contributed by atoms with E-state index in [-0.39, 0.29) is 11.7 Å². The Bertz CT molecular complexity index is 432. The molecule has 4 nitrogen and oxygen atoms in total. The smallest absolute Gasteiger partial charge is 0.370 e. The van der Waals surface area contributed by atoms with Gasteiger partial charge < -0.3 is 10.2 Å². The van der Waals surface area contributed by atoms with E-state index in [9.17, 15) is 13.2 Å². The van der Waals surface area contributed by atoms with Crippen molar-refractivity contribution < 1.29 is 13.2 Å². The Morgan fingerprint density at radius 1 is 1.30 bits per heavy atom. The zero-order chi connectivity index (χ0) is 15.3. The van der Waals surface area contributed by atoms with E-state index in [2.05, 4.69) is 15.3 Å². The number of rotatable bonds is 6. The third-order valence-electron chi connectivity index (χ3n) is 2.61. The van der Waals surface area contributed by atoms with Crippen LogP contribution in [0.5, 0.6) is 0 Å². The molecule has 1 heterocycles. The van der Waals surface area contributed by atoms with Gasteiger partial charge in [-0.05, 0) is 6.42 Å². The van der Waals surface area contributed by atoms with Crippen molar-refractivity contribution in [2.45, 2.75) is 39.3 Å². The molecule has 0 radical (unpaired) electrons. The molecule has 0 saturated carbocycles. The fourth-order valence-electron chi connectivity index (χ4n) is 1.60. The molecule has 0 spiro atoms. The maximum atomic E-state index is 12.5. The van der Waals surface area contributed by atoms with Crippen molar-refractivity contribution in [2.75, 3.05) is 30.4 Å². The quantitative estimate of drug-likeness (QED) is 0.871. The molecule has 1 N–H and O–H groups in total. The van der Waals surface area contributed by atoms with Crippen molar-refractivity contribution in [3.8, 4) is 0 Å². The van der Waals surface area contributed by atoms with Crippen LogP contribution >= 0.6 is 0 Å². The van der Waals surface area contributed by atoms with Crippen LogP contribution in [-0.2, 0) is 0 Å². The predicted octanol–water partition coefficient (Wildman–Crippen LogP) is 3.42. The summed E-state index contributed by atoms with van der Waals surface area (Å²) in [5.41, 5.74) is 0. The lowest BCUT2D eigenvalue weighted by Crippen LogP contribution is -2.31. The first-order valence-corrected chi connectivity index (χ1v) is 6.63. The maximum absolute atomic E-state index is 12.5. The third-order valence-corrected chi connectivity index (χ3v) is 2.61. The Balaban J connectivity index is 3.01. The second-order valence-corrected chi connectivity index (χ2v) is 5.02. The summed E-state index contributed by atoms with van der Waals surface area (Å²) in [7, 11) is 1.38. The highest BCUT2D eigenvalue weighted by molar-refractivity contribution is 5.49. The zero-order valence-corrected chi connectivity index (χ0v) is 12.3. The molecular formula is C13H21F3N4. The van der Waals surface area contributed by atoms with E-state index in [1.54, 1.807) is 6.07 Å². The molecule has 0 aliphatic rings. The number of aromatic nitrogens is 2. The van der Waals surface area contributed by atoms with Crippen molar-refractivity contribution >= 4 is 11.6 Å². The van der Waals surface area contributed by atoms with Crippen molar-refractivity contribution in [1.29, 1.82) is 0 Å². The van der Waals surface area contributed by atoms with Crippen LogP contribution in [0.25, 0.3) is 0 Å². The molecule has 7 heteroatoms. The molecule has 20 heavy (non-hydrogen) atoms. The van der Waals surface area contributed by atoms with E-state index >= 15 is 0 Å². The van der Waals surface area contributed by atoms with Crippen molar-refractivity contribution in [3.63, 3.8) is 0 Å². The lowest BCUT2D eigenvalue weighted by molar-refractivity contribution is -0.119. The average Bonchev–Trinajstić information content (AvgIpc) is 2.33. The van der Waals surface area contributed by atoms with Gasteiger partial charge in [0.1, 0.15) is 24.0 Å². The largest absolute Gasteiger partial charge is 0.405 e. The van der Waals surface area contributed by atoms with Gasteiger partial charge in [-0.15, -0.1) is 0 Å². The Morgan fingerprint density at radius 3 is 2.45 bits per heavy atom. The van der Waals surface area contributed by atoms with Crippen LogP contribution in [0.1, 0.15) is 38.9 Å². The molecule has 0 unspecified atom stereocenters. The van der Waals surface area contributed by atoms with Gasteiger partial charge in [0.05, 0.1) is 0 Å². The van der Waals surface area contributed by atoms with E-state index < -0.39 is 12.7 Å². The van der Waals surface area contributed by atoms with Gasteiger partial charge in [-0.2, -0.15) is 13.2 Å². The van der Waals surface area contributed by atoms with Gasteiger partial charge in [-0.25, -0.2) is 9.97 Å². The van der Waals surface area contributed by atoms with E-state index in [0.717, 1.165) is 17.9 Å². The van der Waals surface area contributed by atoms with Crippen LogP contribution in [0.4, 0.5) is 24.8 Å². The second kappa shape index (κ2) is 6.76. The molecule has 1 rings (SSSR count). The lowest BCUT2D eigenvalue weighted by atomic mass is 10.2. The Labute approximate surface area is 117 Å². The molecule has 0 atom stereocenters. The monoisotopic (exact) mass is 290 g/mol. The molecule has 1 aromatic rings. The van der Waals surface area contributed by atoms with Crippen LogP contribution in [0.2, 0.25) is 0 Å². The predicted molar refractivity (Wildman–Crippen MR) is 74.2 cm³/mol. The second-order valence-electron chi connectivity index (χ2n) is 5.02. The highest BCUT2D eigenvalue weighted by Crippen LogP contribution is 2.23. The van der Waals surface area contributed by atoms with E-state index in [0.29, 0.717) is 11.6 Å². The van der Waals surface area contributed by atoms with Crippen molar-refractivity contribution in [3.05, 3.63) is 11.9 Å². The van der Waals surface area contributed by atoms with Gasteiger partial charge >= 0.3 is 6.18 Å². The third kappa shape index (κ3) is 5.22. The summed E-state index contributed by atoms with van der Waals surface area (Å²) in [6, 6.07) is 1.55. The molecule has 0 bridgehead atoms. The molecule has 0 saturated heterocycles. The van der Waals surface area contributed by atoms with Crippen molar-refractivity contribution in [2.24, 2.45) is 0 Å². The fourth-order valence-corrected chi connectivity index (χ4v) is 1.60. The highest BCUT2D eigenvalue weighted by Gasteiger charge is 2.30. The fraction of sp³-hybridized carbons (Fsp3) is 0.692. The molecule has 0 aromatic carbocycles. The molecule has 0 aliphatic heterocycles. The number of alkyl halides is 3. The van der Waals surface area contributed by atoms with Gasteiger partial charge in [0.2, 0.25) is 0 Å². The van der Waals surface area contributed by atoms with Gasteiger partial charge in [-0.1, -0.05) is 20.8 Å². The van der Waals surface area contributed by atoms with Crippen LogP contribution in [0.15, 0.2) is 6.07 Å². The summed E-state index contributed by atoms with van der Waals surface area (Å²) in [6.07, 6.45) is -3.34. The van der Waals surface area contributed by atoms with Crippen LogP contribution < -0.4 is 10.2 Å². The molecule has 1 aromatic heterocycles. The van der Waals surface area contributed by atoms with E-state index in [1.807, 2.05) is 20.8 Å². The number of hydrogen-bond acceptors (Lipinski definition) is 4. The van der Waals surface area contributed by atoms with Crippen LogP contribution in [-0.4, -0.2) is 36.3 Å². The Morgan fingerprint density at radius 2 is 1.95 bits per heavy atom. The SMILES string of the molecule is CCCNc1cc(N(C)CC(F)(F)F)nc(C(C)C)n1. The number of anilines is 2. The lowest BCUT2D eigenvalue weighted by Gasteiger charge is -2.21. The maximum Gasteiger partial charge on any atom is 0.405 e. The first-order valence-electron chi connectivity index (χ1n) is 6.63. The van der Waals surface area contributed by atoms with Gasteiger partial charge in [0.15, 0.2) is 0 Å². The summed E-state index contributed by atoms with van der Waals surface area (Å²) in [5, 5.41) is 3.09. The van der Waals surface area contributed by atoms with Crippen molar-refractivity contribution in [1.82, 2.24) is 9.97 Å². The average molecular weight is 290 g/mol. The highest BCUT2D eigenvalue weighted by atomic mass is 19.4. The minimum atomic E-state index is -4.26. The topological polar surface area (TPSA) is 41.0 Å². The molecule has 0 fully saturated rings. The Hall–Kier alpha value is -1.53. The number of nitrogens with one attached hydrogen (secondary N) is 1. The summed E-state index contributed by atoms with van der Waals surface area (Å²) in [5.74, 6) is 1.43. The minimum absolute atomic E-state index is 0.0522. The van der Waals surface area contributed by atoms with E-state index in [4.69, 9.17) is 0 Å². The summed E-state index contributed by atoms with van der Waals surface area (Å²) in [6.45, 7) is 5.51. The van der Waals surface area contributed by atoms with Crippen LogP contribution in [0, 0.1) is 0 Å². The first kappa shape index (κ1) is 16.5. The van der Waals surface area contributed by atoms with Gasteiger partial charge in [0.25, 0.3) is 0 Å². The molecule has 0 amide bonds. The molecule has 0 aliphatic carbocycles.